The Bertz CT molecular complexity index is 769. The molecular weight excluding hydrogens is 340 g/mol. The highest BCUT2D eigenvalue weighted by molar-refractivity contribution is 5.92. The summed E-state index contributed by atoms with van der Waals surface area (Å²) in [4.78, 5) is 31.0. The maximum atomic E-state index is 12.6. The van der Waals surface area contributed by atoms with Gasteiger partial charge in [0.1, 0.15) is 5.82 Å². The number of nitrogens with two attached hydrogens (primary N) is 1. The summed E-state index contributed by atoms with van der Waals surface area (Å²) in [7, 11) is 0. The summed E-state index contributed by atoms with van der Waals surface area (Å²) in [6.07, 6.45) is 3.53. The summed E-state index contributed by atoms with van der Waals surface area (Å²) in [5, 5.41) is 2.86. The first kappa shape index (κ1) is 19.0. The topological polar surface area (TPSA) is 88.3 Å². The zero-order chi connectivity index (χ0) is 19.2. The van der Waals surface area contributed by atoms with Gasteiger partial charge in [-0.05, 0) is 43.4 Å². The molecule has 1 atom stereocenters. The summed E-state index contributed by atoms with van der Waals surface area (Å²) < 4.78 is 0. The average molecular weight is 366 g/mol. The number of anilines is 1. The maximum absolute atomic E-state index is 12.6. The number of rotatable bonds is 5. The van der Waals surface area contributed by atoms with Crippen LogP contribution >= 0.6 is 0 Å². The lowest BCUT2D eigenvalue weighted by molar-refractivity contribution is -0.135. The number of likely N-dealkylation sites (tertiary alicyclic amines) is 1. The van der Waals surface area contributed by atoms with Crippen molar-refractivity contribution >= 4 is 17.6 Å². The molecule has 1 aliphatic rings. The average Bonchev–Trinajstić information content (AvgIpc) is 2.70. The summed E-state index contributed by atoms with van der Waals surface area (Å²) in [6.45, 7) is 3.06. The molecule has 0 aliphatic carbocycles. The van der Waals surface area contributed by atoms with Crippen LogP contribution in [0.3, 0.4) is 0 Å². The molecule has 1 unspecified atom stereocenters. The Morgan fingerprint density at radius 3 is 2.52 bits per heavy atom. The van der Waals surface area contributed by atoms with E-state index in [-0.39, 0.29) is 17.7 Å². The number of piperidine rings is 1. The van der Waals surface area contributed by atoms with E-state index in [1.165, 1.54) is 0 Å². The third-order valence-electron chi connectivity index (χ3n) is 4.96. The molecule has 1 fully saturated rings. The molecule has 142 valence electrons. The summed E-state index contributed by atoms with van der Waals surface area (Å²) >= 11 is 0. The van der Waals surface area contributed by atoms with Crippen LogP contribution < -0.4 is 11.1 Å². The van der Waals surface area contributed by atoms with E-state index in [4.69, 9.17) is 5.73 Å². The lowest BCUT2D eigenvalue weighted by atomic mass is 9.95. The fourth-order valence-corrected chi connectivity index (χ4v) is 3.32. The molecule has 2 amide bonds. The van der Waals surface area contributed by atoms with Crippen LogP contribution in [0.1, 0.15) is 24.0 Å². The van der Waals surface area contributed by atoms with Gasteiger partial charge in [0.15, 0.2) is 0 Å². The van der Waals surface area contributed by atoms with Gasteiger partial charge in [-0.15, -0.1) is 0 Å². The molecule has 0 radical (unpaired) electrons. The number of carbonyl (C=O) groups is 2. The van der Waals surface area contributed by atoms with Crippen LogP contribution in [0.15, 0.2) is 48.7 Å². The molecule has 0 spiro atoms. The zero-order valence-electron chi connectivity index (χ0n) is 15.6. The Hall–Kier alpha value is -2.73. The van der Waals surface area contributed by atoms with Gasteiger partial charge in [0.25, 0.3) is 0 Å². The largest absolute Gasteiger partial charge is 0.341 e. The van der Waals surface area contributed by atoms with Crippen LogP contribution in [-0.2, 0) is 16.0 Å². The molecule has 3 N–H and O–H groups in total. The normalized spacial score (nSPS) is 16.0. The van der Waals surface area contributed by atoms with Gasteiger partial charge < -0.3 is 16.0 Å². The van der Waals surface area contributed by atoms with Gasteiger partial charge in [-0.3, -0.25) is 9.59 Å². The lowest BCUT2D eigenvalue weighted by Gasteiger charge is -2.33. The van der Waals surface area contributed by atoms with Crippen molar-refractivity contribution in [3.8, 4) is 0 Å². The Balaban J connectivity index is 1.48. The van der Waals surface area contributed by atoms with Crippen molar-refractivity contribution in [1.29, 1.82) is 0 Å². The maximum Gasteiger partial charge on any atom is 0.239 e. The van der Waals surface area contributed by atoms with E-state index in [2.05, 4.69) is 10.3 Å². The van der Waals surface area contributed by atoms with Crippen molar-refractivity contribution in [3.05, 3.63) is 59.8 Å². The van der Waals surface area contributed by atoms with Crippen molar-refractivity contribution in [3.63, 3.8) is 0 Å². The predicted molar refractivity (Wildman–Crippen MR) is 105 cm³/mol. The molecule has 2 heterocycles. The van der Waals surface area contributed by atoms with Crippen molar-refractivity contribution < 1.29 is 9.59 Å². The van der Waals surface area contributed by atoms with Crippen molar-refractivity contribution in [2.24, 2.45) is 11.7 Å². The molecule has 6 nitrogen and oxygen atoms in total. The Morgan fingerprint density at radius 1 is 1.19 bits per heavy atom. The van der Waals surface area contributed by atoms with Gasteiger partial charge in [-0.25, -0.2) is 4.98 Å². The number of hydrogen-bond acceptors (Lipinski definition) is 4. The van der Waals surface area contributed by atoms with Gasteiger partial charge in [0.2, 0.25) is 11.8 Å². The number of hydrogen-bond donors (Lipinski definition) is 2. The molecule has 1 saturated heterocycles. The van der Waals surface area contributed by atoms with Gasteiger partial charge >= 0.3 is 0 Å². The van der Waals surface area contributed by atoms with E-state index in [0.717, 1.165) is 11.1 Å². The Morgan fingerprint density at radius 2 is 1.89 bits per heavy atom. The van der Waals surface area contributed by atoms with Gasteiger partial charge in [0.05, 0.1) is 6.04 Å². The van der Waals surface area contributed by atoms with Crippen molar-refractivity contribution in [2.45, 2.75) is 32.2 Å². The van der Waals surface area contributed by atoms with Crippen molar-refractivity contribution in [1.82, 2.24) is 9.88 Å². The first-order valence-corrected chi connectivity index (χ1v) is 9.35. The molecule has 1 aromatic heterocycles. The number of nitrogens with one attached hydrogen (secondary N) is 1. The lowest BCUT2D eigenvalue weighted by Crippen LogP contribution is -2.49. The highest BCUT2D eigenvalue weighted by Gasteiger charge is 2.29. The van der Waals surface area contributed by atoms with Crippen LogP contribution in [0.5, 0.6) is 0 Å². The van der Waals surface area contributed by atoms with Crippen molar-refractivity contribution in [2.75, 3.05) is 18.4 Å². The standard InChI is InChI=1S/C21H26N4O2/c1-15-7-8-19(23-14-15)24-20(26)17-9-11-25(12-10-17)21(27)18(22)13-16-5-3-2-4-6-16/h2-8,14,17-18H,9-13,22H2,1H3,(H,23,24,26). The number of amides is 2. The molecule has 3 rings (SSSR count). The van der Waals surface area contributed by atoms with E-state index >= 15 is 0 Å². The molecule has 6 heteroatoms. The van der Waals surface area contributed by atoms with E-state index in [9.17, 15) is 9.59 Å². The third-order valence-corrected chi connectivity index (χ3v) is 4.96. The van der Waals surface area contributed by atoms with Gasteiger partial charge in [-0.1, -0.05) is 36.4 Å². The number of aromatic nitrogens is 1. The summed E-state index contributed by atoms with van der Waals surface area (Å²) in [5.41, 5.74) is 8.21. The zero-order valence-corrected chi connectivity index (χ0v) is 15.6. The second-order valence-electron chi connectivity index (χ2n) is 7.11. The number of aryl methyl sites for hydroxylation is 1. The first-order chi connectivity index (χ1) is 13.0. The Labute approximate surface area is 159 Å². The molecule has 1 aliphatic heterocycles. The smallest absolute Gasteiger partial charge is 0.239 e. The van der Waals surface area contributed by atoms with Crippen LogP contribution in [0.4, 0.5) is 5.82 Å². The number of pyridine rings is 1. The van der Waals surface area contributed by atoms with Crippen LogP contribution in [0, 0.1) is 12.8 Å². The monoisotopic (exact) mass is 366 g/mol. The number of carbonyl (C=O) groups excluding carboxylic acids is 2. The van der Waals surface area contributed by atoms with Crippen LogP contribution in [-0.4, -0.2) is 40.8 Å². The highest BCUT2D eigenvalue weighted by atomic mass is 16.2. The van der Waals surface area contributed by atoms with Gasteiger partial charge in [-0.2, -0.15) is 0 Å². The minimum Gasteiger partial charge on any atom is -0.341 e. The van der Waals surface area contributed by atoms with Crippen LogP contribution in [0.25, 0.3) is 0 Å². The van der Waals surface area contributed by atoms with Gasteiger partial charge in [0, 0.05) is 25.2 Å². The SMILES string of the molecule is Cc1ccc(NC(=O)C2CCN(C(=O)C(N)Cc3ccccc3)CC2)nc1. The second kappa shape index (κ2) is 8.77. The fraction of sp³-hybridized carbons (Fsp3) is 0.381. The molecular formula is C21H26N4O2. The van der Waals surface area contributed by atoms with E-state index < -0.39 is 6.04 Å². The molecule has 2 aromatic rings. The summed E-state index contributed by atoms with van der Waals surface area (Å²) in [6, 6.07) is 12.9. The summed E-state index contributed by atoms with van der Waals surface area (Å²) in [5.74, 6) is 0.376. The van der Waals surface area contributed by atoms with E-state index in [1.54, 1.807) is 17.2 Å². The third kappa shape index (κ3) is 5.14. The second-order valence-corrected chi connectivity index (χ2v) is 7.11. The fourth-order valence-electron chi connectivity index (χ4n) is 3.32. The first-order valence-electron chi connectivity index (χ1n) is 9.35. The van der Waals surface area contributed by atoms with Crippen LogP contribution in [0.2, 0.25) is 0 Å². The molecule has 1 aromatic carbocycles. The quantitative estimate of drug-likeness (QED) is 0.848. The molecule has 0 bridgehead atoms. The Kier molecular flexibility index (Phi) is 6.19. The van der Waals surface area contributed by atoms with E-state index in [0.29, 0.717) is 38.2 Å². The molecule has 0 saturated carbocycles. The van der Waals surface area contributed by atoms with E-state index in [1.807, 2.05) is 43.3 Å². The minimum absolute atomic E-state index is 0.0352. The predicted octanol–water partition coefficient (Wildman–Crippen LogP) is 2.14. The minimum atomic E-state index is -0.547. The molecule has 27 heavy (non-hydrogen) atoms. The highest BCUT2D eigenvalue weighted by Crippen LogP contribution is 2.20. The number of benzene rings is 1. The number of nitrogens with zero attached hydrogens (tertiary/aromatic N) is 2.